The third-order valence-electron chi connectivity index (χ3n) is 2.84. The normalized spacial score (nSPS) is 11.8. The van der Waals surface area contributed by atoms with Gasteiger partial charge in [0.05, 0.1) is 5.56 Å². The summed E-state index contributed by atoms with van der Waals surface area (Å²) in [4.78, 5) is 23.1. The summed E-state index contributed by atoms with van der Waals surface area (Å²) in [5.41, 5.74) is -2.26. The van der Waals surface area contributed by atoms with Crippen LogP contribution in [-0.2, 0) is 10.9 Å². The Morgan fingerprint density at radius 1 is 1.08 bits per heavy atom. The highest BCUT2D eigenvalue weighted by molar-refractivity contribution is 5.94. The standard InChI is InChI=1S/C16H20F4N2O3/c1-15(2,3)25-14(24)22-8-4-7-21-13(23)10-5-6-11(12(17)9-10)16(18,19)20/h5-6,9H,4,7-8H2,1-3H3,(H,21,23)(H,22,24). The smallest absolute Gasteiger partial charge is 0.419 e. The molecule has 0 heterocycles. The van der Waals surface area contributed by atoms with E-state index in [1.807, 2.05) is 0 Å². The van der Waals surface area contributed by atoms with Crippen LogP contribution in [0.5, 0.6) is 0 Å². The number of benzene rings is 1. The fraction of sp³-hybridized carbons (Fsp3) is 0.500. The second-order valence-corrected chi connectivity index (χ2v) is 6.23. The lowest BCUT2D eigenvalue weighted by Gasteiger charge is -2.19. The summed E-state index contributed by atoms with van der Waals surface area (Å²) < 4.78 is 55.8. The van der Waals surface area contributed by atoms with Crippen LogP contribution in [0.3, 0.4) is 0 Å². The van der Waals surface area contributed by atoms with E-state index in [0.717, 1.165) is 6.07 Å². The van der Waals surface area contributed by atoms with E-state index in [1.165, 1.54) is 0 Å². The molecule has 0 spiro atoms. The fourth-order valence-electron chi connectivity index (χ4n) is 1.78. The molecule has 1 aromatic carbocycles. The SMILES string of the molecule is CC(C)(C)OC(=O)NCCCNC(=O)c1ccc(C(F)(F)F)c(F)c1. The summed E-state index contributed by atoms with van der Waals surface area (Å²) in [5.74, 6) is -2.21. The second-order valence-electron chi connectivity index (χ2n) is 6.23. The van der Waals surface area contributed by atoms with Crippen molar-refractivity contribution in [3.8, 4) is 0 Å². The van der Waals surface area contributed by atoms with Crippen molar-refractivity contribution in [1.29, 1.82) is 0 Å². The molecule has 0 bridgehead atoms. The average Bonchev–Trinajstić information content (AvgIpc) is 2.43. The molecule has 140 valence electrons. The first kappa shape index (κ1) is 20.7. The summed E-state index contributed by atoms with van der Waals surface area (Å²) in [7, 11) is 0. The van der Waals surface area contributed by atoms with E-state index in [1.54, 1.807) is 20.8 Å². The fourth-order valence-corrected chi connectivity index (χ4v) is 1.78. The number of hydrogen-bond acceptors (Lipinski definition) is 3. The maximum atomic E-state index is 13.4. The van der Waals surface area contributed by atoms with Crippen LogP contribution in [0.1, 0.15) is 43.1 Å². The minimum absolute atomic E-state index is 0.150. The second kappa shape index (κ2) is 8.17. The van der Waals surface area contributed by atoms with Crippen molar-refractivity contribution in [3.05, 3.63) is 35.1 Å². The number of alkyl halides is 3. The minimum atomic E-state index is -4.81. The Kier molecular flexibility index (Phi) is 6.78. The van der Waals surface area contributed by atoms with Gasteiger partial charge in [0.1, 0.15) is 11.4 Å². The van der Waals surface area contributed by atoms with E-state index in [0.29, 0.717) is 18.6 Å². The van der Waals surface area contributed by atoms with E-state index >= 15 is 0 Å². The number of carbonyl (C=O) groups excluding carboxylic acids is 2. The summed E-state index contributed by atoms with van der Waals surface area (Å²) in [6.07, 6.45) is -5.04. The first-order valence-corrected chi connectivity index (χ1v) is 7.52. The molecule has 9 heteroatoms. The van der Waals surface area contributed by atoms with Crippen LogP contribution in [-0.4, -0.2) is 30.7 Å². The first-order chi connectivity index (χ1) is 11.4. The molecule has 0 atom stereocenters. The predicted octanol–water partition coefficient (Wildman–Crippen LogP) is 3.49. The summed E-state index contributed by atoms with van der Waals surface area (Å²) in [5, 5.41) is 4.92. The van der Waals surface area contributed by atoms with E-state index in [4.69, 9.17) is 4.74 Å². The van der Waals surface area contributed by atoms with Gasteiger partial charge in [0, 0.05) is 18.7 Å². The average molecular weight is 364 g/mol. The molecule has 0 saturated carbocycles. The van der Waals surface area contributed by atoms with E-state index in [2.05, 4.69) is 10.6 Å². The Labute approximate surface area is 142 Å². The molecule has 2 N–H and O–H groups in total. The predicted molar refractivity (Wildman–Crippen MR) is 82.6 cm³/mol. The van der Waals surface area contributed by atoms with Gasteiger partial charge in [0.2, 0.25) is 0 Å². The van der Waals surface area contributed by atoms with Crippen molar-refractivity contribution < 1.29 is 31.9 Å². The third kappa shape index (κ3) is 7.40. The van der Waals surface area contributed by atoms with Gasteiger partial charge in [0.15, 0.2) is 0 Å². The van der Waals surface area contributed by atoms with Gasteiger partial charge < -0.3 is 15.4 Å². The number of alkyl carbamates (subject to hydrolysis) is 1. The van der Waals surface area contributed by atoms with Crippen molar-refractivity contribution in [2.75, 3.05) is 13.1 Å². The number of halogens is 4. The van der Waals surface area contributed by atoms with Gasteiger partial charge in [-0.3, -0.25) is 4.79 Å². The quantitative estimate of drug-likeness (QED) is 0.621. The lowest BCUT2D eigenvalue weighted by atomic mass is 10.1. The molecule has 1 aromatic rings. The summed E-state index contributed by atoms with van der Waals surface area (Å²) >= 11 is 0. The van der Waals surface area contributed by atoms with Gasteiger partial charge >= 0.3 is 12.3 Å². The molecule has 0 saturated heterocycles. The Hall–Kier alpha value is -2.32. The van der Waals surface area contributed by atoms with E-state index in [-0.39, 0.29) is 18.7 Å². The molecule has 1 rings (SSSR count). The largest absolute Gasteiger partial charge is 0.444 e. The van der Waals surface area contributed by atoms with Crippen LogP contribution in [0.15, 0.2) is 18.2 Å². The Balaban J connectivity index is 2.41. The molecule has 0 unspecified atom stereocenters. The minimum Gasteiger partial charge on any atom is -0.444 e. The summed E-state index contributed by atoms with van der Waals surface area (Å²) in [6, 6.07) is 1.96. The van der Waals surface area contributed by atoms with Crippen molar-refractivity contribution in [2.24, 2.45) is 0 Å². The highest BCUT2D eigenvalue weighted by atomic mass is 19.4. The summed E-state index contributed by atoms with van der Waals surface area (Å²) in [6.45, 7) is 5.54. The van der Waals surface area contributed by atoms with Gasteiger partial charge in [0.25, 0.3) is 5.91 Å². The monoisotopic (exact) mass is 364 g/mol. The van der Waals surface area contributed by atoms with Gasteiger partial charge in [-0.1, -0.05) is 0 Å². The molecule has 5 nitrogen and oxygen atoms in total. The van der Waals surface area contributed by atoms with Crippen LogP contribution >= 0.6 is 0 Å². The number of amides is 2. The highest BCUT2D eigenvalue weighted by Gasteiger charge is 2.34. The topological polar surface area (TPSA) is 67.4 Å². The van der Waals surface area contributed by atoms with Gasteiger partial charge in [-0.05, 0) is 45.4 Å². The molecule has 0 aromatic heterocycles. The number of ether oxygens (including phenoxy) is 1. The molecule has 0 aliphatic heterocycles. The molecule has 0 radical (unpaired) electrons. The van der Waals surface area contributed by atoms with Gasteiger partial charge in [-0.25, -0.2) is 9.18 Å². The van der Waals surface area contributed by atoms with E-state index in [9.17, 15) is 27.2 Å². The molecule has 0 fully saturated rings. The van der Waals surface area contributed by atoms with Crippen molar-refractivity contribution in [1.82, 2.24) is 10.6 Å². The van der Waals surface area contributed by atoms with Crippen LogP contribution < -0.4 is 10.6 Å². The van der Waals surface area contributed by atoms with Crippen LogP contribution in [0, 0.1) is 5.82 Å². The number of rotatable bonds is 5. The Morgan fingerprint density at radius 2 is 1.68 bits per heavy atom. The van der Waals surface area contributed by atoms with Crippen LogP contribution in [0.4, 0.5) is 22.4 Å². The zero-order chi connectivity index (χ0) is 19.3. The maximum Gasteiger partial charge on any atom is 0.419 e. The Bertz CT molecular complexity index is 625. The third-order valence-corrected chi connectivity index (χ3v) is 2.84. The lowest BCUT2D eigenvalue weighted by molar-refractivity contribution is -0.140. The van der Waals surface area contributed by atoms with Crippen LogP contribution in [0.25, 0.3) is 0 Å². The zero-order valence-corrected chi connectivity index (χ0v) is 14.1. The molecule has 2 amide bonds. The van der Waals surface area contributed by atoms with Crippen LogP contribution in [0.2, 0.25) is 0 Å². The first-order valence-electron chi connectivity index (χ1n) is 7.52. The lowest BCUT2D eigenvalue weighted by Crippen LogP contribution is -2.34. The van der Waals surface area contributed by atoms with Gasteiger partial charge in [-0.2, -0.15) is 13.2 Å². The molecular formula is C16H20F4N2O3. The van der Waals surface area contributed by atoms with Crippen molar-refractivity contribution in [3.63, 3.8) is 0 Å². The number of nitrogens with one attached hydrogen (secondary N) is 2. The van der Waals surface area contributed by atoms with Gasteiger partial charge in [-0.15, -0.1) is 0 Å². The molecular weight excluding hydrogens is 344 g/mol. The molecule has 25 heavy (non-hydrogen) atoms. The molecule has 0 aliphatic rings. The zero-order valence-electron chi connectivity index (χ0n) is 14.1. The highest BCUT2D eigenvalue weighted by Crippen LogP contribution is 2.31. The number of hydrogen-bond donors (Lipinski definition) is 2. The Morgan fingerprint density at radius 3 is 2.20 bits per heavy atom. The molecule has 0 aliphatic carbocycles. The van der Waals surface area contributed by atoms with Crippen molar-refractivity contribution >= 4 is 12.0 Å². The van der Waals surface area contributed by atoms with E-state index < -0.39 is 35.2 Å². The maximum absolute atomic E-state index is 13.4. The number of carbonyl (C=O) groups is 2. The van der Waals surface area contributed by atoms with Crippen molar-refractivity contribution in [2.45, 2.75) is 39.0 Å².